The Morgan fingerprint density at radius 2 is 1.97 bits per heavy atom. The van der Waals surface area contributed by atoms with Gasteiger partial charge in [0.25, 0.3) is 0 Å². The second-order valence-electron chi connectivity index (χ2n) is 9.51. The topological polar surface area (TPSA) is 87.6 Å². The van der Waals surface area contributed by atoms with Gasteiger partial charge in [-0.3, -0.25) is 4.79 Å². The third-order valence-corrected chi connectivity index (χ3v) is 7.18. The van der Waals surface area contributed by atoms with Crippen molar-refractivity contribution < 1.29 is 14.6 Å². The molecule has 1 aliphatic heterocycles. The monoisotopic (exact) mass is 458 g/mol. The van der Waals surface area contributed by atoms with Crippen LogP contribution in [0.2, 0.25) is 0 Å². The Morgan fingerprint density at radius 3 is 2.62 bits per heavy atom. The Kier molecular flexibility index (Phi) is 7.30. The molecule has 1 saturated carbocycles. The van der Waals surface area contributed by atoms with Gasteiger partial charge in [-0.2, -0.15) is 0 Å². The normalized spacial score (nSPS) is 18.0. The standard InChI is InChI=1S/C24H34N4O3S/c1-15(2)14-28(19-8-10-31-11-9-19)21-7-6-18(16(3)12-22(29)30)13-20(21)25-24-27-26-23(32-24)17-4-5-17/h6-7,13,15-17,19H,4-5,8-12,14H2,1-3H3,(H,25,27)(H,29,30)/t16-/m1/s1. The number of carbonyl (C=O) groups is 1. The second-order valence-corrected chi connectivity index (χ2v) is 10.5. The summed E-state index contributed by atoms with van der Waals surface area (Å²) < 4.78 is 5.62. The number of ether oxygens (including phenoxy) is 1. The molecule has 2 fully saturated rings. The van der Waals surface area contributed by atoms with Crippen LogP contribution in [0, 0.1) is 5.92 Å². The van der Waals surface area contributed by atoms with Crippen LogP contribution < -0.4 is 10.2 Å². The molecule has 1 aromatic heterocycles. The molecule has 1 saturated heterocycles. The molecule has 0 spiro atoms. The highest BCUT2D eigenvalue weighted by Crippen LogP contribution is 2.43. The van der Waals surface area contributed by atoms with E-state index in [0.29, 0.717) is 17.9 Å². The van der Waals surface area contributed by atoms with E-state index in [-0.39, 0.29) is 12.3 Å². The van der Waals surface area contributed by atoms with Crippen LogP contribution in [0.4, 0.5) is 16.5 Å². The molecular weight excluding hydrogens is 424 g/mol. The molecule has 8 heteroatoms. The Bertz CT molecular complexity index is 922. The summed E-state index contributed by atoms with van der Waals surface area (Å²) in [5, 5.41) is 23.5. The van der Waals surface area contributed by atoms with Crippen LogP contribution in [0.5, 0.6) is 0 Å². The van der Waals surface area contributed by atoms with Crippen LogP contribution in [0.25, 0.3) is 0 Å². The molecule has 7 nitrogen and oxygen atoms in total. The predicted octanol–water partition coefficient (Wildman–Crippen LogP) is 5.38. The van der Waals surface area contributed by atoms with Crippen LogP contribution in [-0.4, -0.2) is 47.1 Å². The lowest BCUT2D eigenvalue weighted by molar-refractivity contribution is -0.137. The Morgan fingerprint density at radius 1 is 1.22 bits per heavy atom. The van der Waals surface area contributed by atoms with E-state index >= 15 is 0 Å². The van der Waals surface area contributed by atoms with Crippen molar-refractivity contribution in [3.05, 3.63) is 28.8 Å². The van der Waals surface area contributed by atoms with Gasteiger partial charge in [0, 0.05) is 31.7 Å². The number of anilines is 3. The Labute approximate surface area is 194 Å². The maximum absolute atomic E-state index is 11.3. The smallest absolute Gasteiger partial charge is 0.303 e. The van der Waals surface area contributed by atoms with Gasteiger partial charge in [-0.25, -0.2) is 0 Å². The average Bonchev–Trinajstić information content (AvgIpc) is 3.51. The van der Waals surface area contributed by atoms with Gasteiger partial charge in [-0.05, 0) is 55.2 Å². The Hall–Kier alpha value is -2.19. The summed E-state index contributed by atoms with van der Waals surface area (Å²) in [6.07, 6.45) is 4.53. The number of carboxylic acid groups (broad SMARTS) is 1. The summed E-state index contributed by atoms with van der Waals surface area (Å²) in [5.74, 6) is 0.238. The average molecular weight is 459 g/mol. The zero-order valence-corrected chi connectivity index (χ0v) is 20.0. The van der Waals surface area contributed by atoms with E-state index in [4.69, 9.17) is 4.74 Å². The largest absolute Gasteiger partial charge is 0.481 e. The number of nitrogens with zero attached hydrogens (tertiary/aromatic N) is 3. The van der Waals surface area contributed by atoms with Crippen LogP contribution in [0.3, 0.4) is 0 Å². The van der Waals surface area contributed by atoms with Gasteiger partial charge in [0.05, 0.1) is 17.8 Å². The lowest BCUT2D eigenvalue weighted by Crippen LogP contribution is -2.42. The quantitative estimate of drug-likeness (QED) is 0.494. The van der Waals surface area contributed by atoms with Crippen molar-refractivity contribution in [3.63, 3.8) is 0 Å². The molecule has 32 heavy (non-hydrogen) atoms. The first-order chi connectivity index (χ1) is 15.4. The SMILES string of the molecule is CC(C)CN(c1ccc([C@H](C)CC(=O)O)cc1Nc1nnc(C2CC2)s1)C1CCOCC1. The lowest BCUT2D eigenvalue weighted by Gasteiger charge is -2.38. The zero-order chi connectivity index (χ0) is 22.7. The highest BCUT2D eigenvalue weighted by molar-refractivity contribution is 7.15. The minimum absolute atomic E-state index is 0.0693. The number of aliphatic carboxylic acids is 1. The summed E-state index contributed by atoms with van der Waals surface area (Å²) in [5.41, 5.74) is 3.13. The van der Waals surface area contributed by atoms with Crippen molar-refractivity contribution >= 4 is 33.8 Å². The van der Waals surface area contributed by atoms with Crippen LogP contribution >= 0.6 is 11.3 Å². The van der Waals surface area contributed by atoms with E-state index in [1.165, 1.54) is 12.8 Å². The first-order valence-corrected chi connectivity index (χ1v) is 12.5. The van der Waals surface area contributed by atoms with Gasteiger partial charge in [0.15, 0.2) is 0 Å². The molecular formula is C24H34N4O3S. The van der Waals surface area contributed by atoms with Gasteiger partial charge in [-0.15, -0.1) is 10.2 Å². The molecule has 1 aromatic carbocycles. The number of hydrogen-bond acceptors (Lipinski definition) is 7. The van der Waals surface area contributed by atoms with E-state index in [2.05, 4.69) is 52.5 Å². The van der Waals surface area contributed by atoms with E-state index < -0.39 is 5.97 Å². The molecule has 0 amide bonds. The van der Waals surface area contributed by atoms with Crippen LogP contribution in [0.15, 0.2) is 18.2 Å². The van der Waals surface area contributed by atoms with Crippen molar-refractivity contribution in [1.82, 2.24) is 10.2 Å². The summed E-state index contributed by atoms with van der Waals surface area (Å²) in [4.78, 5) is 13.8. The van der Waals surface area contributed by atoms with Crippen molar-refractivity contribution in [2.45, 2.75) is 70.8 Å². The van der Waals surface area contributed by atoms with Gasteiger partial charge in [-0.1, -0.05) is 38.2 Å². The number of aromatic nitrogens is 2. The fourth-order valence-electron chi connectivity index (χ4n) is 4.32. The minimum Gasteiger partial charge on any atom is -0.481 e. The van der Waals surface area contributed by atoms with E-state index in [0.717, 1.165) is 59.7 Å². The fourth-order valence-corrected chi connectivity index (χ4v) is 5.25. The maximum Gasteiger partial charge on any atom is 0.303 e. The van der Waals surface area contributed by atoms with Gasteiger partial charge >= 0.3 is 5.97 Å². The molecule has 0 bridgehead atoms. The van der Waals surface area contributed by atoms with Crippen molar-refractivity contribution in [1.29, 1.82) is 0 Å². The Balaban J connectivity index is 1.68. The number of rotatable bonds is 10. The summed E-state index contributed by atoms with van der Waals surface area (Å²) in [6.45, 7) is 8.98. The third-order valence-electron chi connectivity index (χ3n) is 6.18. The van der Waals surface area contributed by atoms with Crippen LogP contribution in [0.1, 0.15) is 75.3 Å². The molecule has 2 N–H and O–H groups in total. The van der Waals surface area contributed by atoms with E-state index in [9.17, 15) is 9.90 Å². The summed E-state index contributed by atoms with van der Waals surface area (Å²) >= 11 is 1.63. The molecule has 2 aromatic rings. The molecule has 2 aliphatic rings. The summed E-state index contributed by atoms with van der Waals surface area (Å²) in [7, 11) is 0. The van der Waals surface area contributed by atoms with Gasteiger partial charge in [0.1, 0.15) is 5.01 Å². The zero-order valence-electron chi connectivity index (χ0n) is 19.2. The molecule has 174 valence electrons. The second kappa shape index (κ2) is 10.2. The van der Waals surface area contributed by atoms with E-state index in [1.54, 1.807) is 11.3 Å². The fraction of sp³-hybridized carbons (Fsp3) is 0.625. The lowest BCUT2D eigenvalue weighted by atomic mass is 9.95. The molecule has 0 unspecified atom stereocenters. The highest BCUT2D eigenvalue weighted by Gasteiger charge is 2.29. The first-order valence-electron chi connectivity index (χ1n) is 11.7. The molecule has 1 aliphatic carbocycles. The third kappa shape index (κ3) is 5.78. The van der Waals surface area contributed by atoms with E-state index in [1.807, 2.05) is 6.92 Å². The van der Waals surface area contributed by atoms with Crippen molar-refractivity contribution in [2.24, 2.45) is 5.92 Å². The minimum atomic E-state index is -0.780. The number of benzene rings is 1. The number of nitrogens with one attached hydrogen (secondary N) is 1. The summed E-state index contributed by atoms with van der Waals surface area (Å²) in [6, 6.07) is 6.76. The molecule has 1 atom stereocenters. The molecule has 4 rings (SSSR count). The predicted molar refractivity (Wildman–Crippen MR) is 128 cm³/mol. The molecule has 2 heterocycles. The maximum atomic E-state index is 11.3. The van der Waals surface area contributed by atoms with Crippen molar-refractivity contribution in [3.8, 4) is 0 Å². The number of hydrogen-bond donors (Lipinski definition) is 2. The van der Waals surface area contributed by atoms with Crippen molar-refractivity contribution in [2.75, 3.05) is 30.0 Å². The van der Waals surface area contributed by atoms with Gasteiger partial charge < -0.3 is 20.1 Å². The molecule has 0 radical (unpaired) electrons. The van der Waals surface area contributed by atoms with Gasteiger partial charge in [0.2, 0.25) is 5.13 Å². The number of carboxylic acids is 1. The van der Waals surface area contributed by atoms with Crippen LogP contribution in [-0.2, 0) is 9.53 Å². The first kappa shape index (κ1) is 23.0. The highest BCUT2D eigenvalue weighted by atomic mass is 32.1.